The number of alkyl halides is 2. The minimum Gasteiger partial charge on any atom is -0.444 e. The smallest absolute Gasteiger partial charge is 0.407 e. The lowest BCUT2D eigenvalue weighted by atomic mass is 10.0. The third-order valence-electron chi connectivity index (χ3n) is 6.92. The van der Waals surface area contributed by atoms with Gasteiger partial charge in [-0.1, -0.05) is 18.2 Å². The van der Waals surface area contributed by atoms with Crippen molar-refractivity contribution in [3.05, 3.63) is 59.9 Å². The number of alkyl carbamates (subject to hydrolysis) is 1. The molecule has 8 nitrogen and oxygen atoms in total. The van der Waals surface area contributed by atoms with Crippen molar-refractivity contribution in [1.29, 1.82) is 0 Å². The first kappa shape index (κ1) is 27.4. The standard InChI is InChI=1S/C29H33FIN5O3/c1-18-26(23-14-19-8-5-6-10-22(19)36(23)17-24(30)31)33-25-15-20(11-13-35(18)25)27(37)34-12-7-9-21(16-34)32-28(38)39-29(2,3)4/h5-6,8,10-11,13-15,21,24H,7,9,12,16-17H2,1-4H3,(H,32,38)/t21-,24?/m1/s1. The highest BCUT2D eigenvalue weighted by molar-refractivity contribution is 14.1. The third-order valence-corrected chi connectivity index (χ3v) is 7.31. The molecule has 1 aliphatic heterocycles. The van der Waals surface area contributed by atoms with Crippen LogP contribution in [-0.2, 0) is 11.3 Å². The van der Waals surface area contributed by atoms with Crippen LogP contribution in [0.3, 0.4) is 0 Å². The summed E-state index contributed by atoms with van der Waals surface area (Å²) >= 11 is 1.80. The highest BCUT2D eigenvalue weighted by Gasteiger charge is 2.28. The van der Waals surface area contributed by atoms with E-state index in [0.29, 0.717) is 24.3 Å². The Bertz CT molecular complexity index is 1540. The van der Waals surface area contributed by atoms with Crippen molar-refractivity contribution in [2.75, 3.05) is 13.1 Å². The maximum absolute atomic E-state index is 14.1. The van der Waals surface area contributed by atoms with Crippen LogP contribution in [0.5, 0.6) is 0 Å². The molecule has 39 heavy (non-hydrogen) atoms. The Labute approximate surface area is 240 Å². The Morgan fingerprint density at radius 2 is 2.00 bits per heavy atom. The summed E-state index contributed by atoms with van der Waals surface area (Å²) in [4.78, 5) is 32.4. The van der Waals surface area contributed by atoms with Gasteiger partial charge in [0.25, 0.3) is 5.91 Å². The topological polar surface area (TPSA) is 80.9 Å². The average Bonchev–Trinajstić information content (AvgIpc) is 3.39. The highest BCUT2D eigenvalue weighted by Crippen LogP contribution is 2.32. The normalized spacial score (nSPS) is 17.0. The molecular weight excluding hydrogens is 612 g/mol. The number of halogens is 2. The number of aryl methyl sites for hydroxylation is 1. The van der Waals surface area contributed by atoms with E-state index >= 15 is 0 Å². The predicted molar refractivity (Wildman–Crippen MR) is 158 cm³/mol. The molecule has 4 heterocycles. The molecule has 0 spiro atoms. The van der Waals surface area contributed by atoms with Crippen LogP contribution in [0.4, 0.5) is 9.18 Å². The van der Waals surface area contributed by atoms with Gasteiger partial charge in [-0.25, -0.2) is 14.2 Å². The second-order valence-corrected chi connectivity index (χ2v) is 12.4. The Morgan fingerprint density at radius 3 is 2.74 bits per heavy atom. The van der Waals surface area contributed by atoms with Gasteiger partial charge in [0.05, 0.1) is 12.2 Å². The lowest BCUT2D eigenvalue weighted by Crippen LogP contribution is -2.50. The number of para-hydroxylation sites is 1. The van der Waals surface area contributed by atoms with Gasteiger partial charge in [0.1, 0.15) is 16.9 Å². The molecule has 206 valence electrons. The van der Waals surface area contributed by atoms with Crippen LogP contribution in [0.15, 0.2) is 48.7 Å². The molecule has 10 heteroatoms. The number of aromatic nitrogens is 3. The second-order valence-electron chi connectivity index (χ2n) is 11.0. The number of benzene rings is 1. The molecule has 2 amide bonds. The summed E-state index contributed by atoms with van der Waals surface area (Å²) in [6.07, 6.45) is 2.97. The Hall–Kier alpha value is -3.15. The summed E-state index contributed by atoms with van der Waals surface area (Å²) < 4.78 is 22.4. The van der Waals surface area contributed by atoms with Crippen molar-refractivity contribution >= 4 is 51.1 Å². The van der Waals surface area contributed by atoms with Gasteiger partial charge in [0, 0.05) is 47.5 Å². The van der Waals surface area contributed by atoms with E-state index < -0.39 is 15.9 Å². The summed E-state index contributed by atoms with van der Waals surface area (Å²) in [7, 11) is 0. The summed E-state index contributed by atoms with van der Waals surface area (Å²) in [5, 5.41) is 3.92. The van der Waals surface area contributed by atoms with E-state index in [1.54, 1.807) is 39.6 Å². The van der Waals surface area contributed by atoms with E-state index in [0.717, 1.165) is 40.8 Å². The van der Waals surface area contributed by atoms with Crippen molar-refractivity contribution < 1.29 is 18.7 Å². The lowest BCUT2D eigenvalue weighted by molar-refractivity contribution is 0.0452. The second kappa shape index (κ2) is 10.8. The molecule has 0 bridgehead atoms. The number of rotatable bonds is 5. The van der Waals surface area contributed by atoms with E-state index in [1.165, 1.54) is 0 Å². The molecule has 2 atom stereocenters. The van der Waals surface area contributed by atoms with Crippen molar-refractivity contribution in [2.24, 2.45) is 0 Å². The van der Waals surface area contributed by atoms with Gasteiger partial charge in [-0.15, -0.1) is 0 Å². The minimum atomic E-state index is -1.04. The number of hydrogen-bond acceptors (Lipinski definition) is 4. The fourth-order valence-corrected chi connectivity index (χ4v) is 5.61. The molecule has 0 aliphatic carbocycles. The van der Waals surface area contributed by atoms with Crippen LogP contribution < -0.4 is 5.32 Å². The maximum atomic E-state index is 14.1. The zero-order valence-electron chi connectivity index (χ0n) is 22.6. The highest BCUT2D eigenvalue weighted by atomic mass is 127. The van der Waals surface area contributed by atoms with E-state index in [9.17, 15) is 14.0 Å². The number of pyridine rings is 1. The molecule has 1 aliphatic rings. The summed E-state index contributed by atoms with van der Waals surface area (Å²) in [6, 6.07) is 13.4. The molecule has 1 unspecified atom stereocenters. The van der Waals surface area contributed by atoms with Gasteiger partial charge >= 0.3 is 6.09 Å². The monoisotopic (exact) mass is 645 g/mol. The number of piperidine rings is 1. The summed E-state index contributed by atoms with van der Waals surface area (Å²) in [5.41, 5.74) is 4.08. The number of carbonyl (C=O) groups is 2. The van der Waals surface area contributed by atoms with Crippen LogP contribution in [0.25, 0.3) is 27.9 Å². The van der Waals surface area contributed by atoms with Crippen molar-refractivity contribution in [3.8, 4) is 11.4 Å². The molecule has 1 aromatic carbocycles. The fraction of sp³-hybridized carbons (Fsp3) is 0.414. The molecule has 1 saturated heterocycles. The number of nitrogens with one attached hydrogen (secondary N) is 1. The van der Waals surface area contributed by atoms with Crippen LogP contribution in [0.2, 0.25) is 0 Å². The Kier molecular flexibility index (Phi) is 7.58. The first-order chi connectivity index (χ1) is 18.5. The van der Waals surface area contributed by atoms with E-state index in [1.807, 2.05) is 73.2 Å². The molecule has 0 radical (unpaired) electrons. The van der Waals surface area contributed by atoms with E-state index in [4.69, 9.17) is 9.72 Å². The van der Waals surface area contributed by atoms with Gasteiger partial charge < -0.3 is 23.9 Å². The zero-order valence-corrected chi connectivity index (χ0v) is 24.7. The van der Waals surface area contributed by atoms with Gasteiger partial charge in [-0.3, -0.25) is 4.79 Å². The number of imidazole rings is 1. The largest absolute Gasteiger partial charge is 0.444 e. The number of amides is 2. The summed E-state index contributed by atoms with van der Waals surface area (Å²) in [5.74, 6) is -0.102. The van der Waals surface area contributed by atoms with Crippen molar-refractivity contribution in [3.63, 3.8) is 0 Å². The minimum absolute atomic E-state index is 0.102. The van der Waals surface area contributed by atoms with Crippen molar-refractivity contribution in [2.45, 2.75) is 62.9 Å². The van der Waals surface area contributed by atoms with Crippen LogP contribution in [0.1, 0.15) is 49.7 Å². The van der Waals surface area contributed by atoms with Crippen LogP contribution in [-0.4, -0.2) is 59.8 Å². The number of ether oxygens (including phenoxy) is 1. The molecule has 3 aromatic heterocycles. The first-order valence-electron chi connectivity index (χ1n) is 13.1. The molecule has 1 N–H and O–H groups in total. The Balaban J connectivity index is 1.41. The fourth-order valence-electron chi connectivity index (χ4n) is 5.22. The van der Waals surface area contributed by atoms with Crippen molar-refractivity contribution in [1.82, 2.24) is 24.2 Å². The number of carbonyl (C=O) groups excluding carboxylic acids is 2. The molecule has 1 fully saturated rings. The molecule has 0 saturated carbocycles. The average molecular weight is 646 g/mol. The molecule has 5 rings (SSSR count). The van der Waals surface area contributed by atoms with Gasteiger partial charge in [-0.2, -0.15) is 0 Å². The van der Waals surface area contributed by atoms with Crippen LogP contribution in [0, 0.1) is 6.92 Å². The SMILES string of the molecule is Cc1c(-c2cc3ccccc3n2CC(F)I)nc2cc(C(=O)N3CCC[C@@H](NC(=O)OC(C)(C)C)C3)ccn12. The Morgan fingerprint density at radius 1 is 1.23 bits per heavy atom. The number of likely N-dealkylation sites (tertiary alicyclic amines) is 1. The number of fused-ring (bicyclic) bond motifs is 2. The van der Waals surface area contributed by atoms with Crippen LogP contribution >= 0.6 is 22.6 Å². The first-order valence-corrected chi connectivity index (χ1v) is 14.4. The third kappa shape index (κ3) is 5.90. The number of hydrogen-bond donors (Lipinski definition) is 1. The van der Waals surface area contributed by atoms with Gasteiger partial charge in [0.15, 0.2) is 4.18 Å². The summed E-state index contributed by atoms with van der Waals surface area (Å²) in [6.45, 7) is 8.70. The molecule has 4 aromatic rings. The zero-order chi connectivity index (χ0) is 27.9. The maximum Gasteiger partial charge on any atom is 0.407 e. The molecular formula is C29H33FIN5O3. The lowest BCUT2D eigenvalue weighted by Gasteiger charge is -2.33. The quantitative estimate of drug-likeness (QED) is 0.210. The number of nitrogens with zero attached hydrogens (tertiary/aromatic N) is 4. The van der Waals surface area contributed by atoms with Gasteiger partial charge in [-0.05, 0) is 87.4 Å². The van der Waals surface area contributed by atoms with E-state index in [2.05, 4.69) is 5.32 Å². The predicted octanol–water partition coefficient (Wildman–Crippen LogP) is 6.12. The van der Waals surface area contributed by atoms with E-state index in [-0.39, 0.29) is 18.5 Å². The van der Waals surface area contributed by atoms with Gasteiger partial charge in [0.2, 0.25) is 0 Å².